The molecule has 3 fully saturated rings. The average molecular weight is 679 g/mol. The summed E-state index contributed by atoms with van der Waals surface area (Å²) in [5.74, 6) is -3.21. The van der Waals surface area contributed by atoms with Crippen molar-refractivity contribution in [1.82, 2.24) is 0 Å². The number of Topliss-reactive ketones (excluding diaryl/α,β-unsaturated/α-hetero) is 3. The molecule has 0 aromatic heterocycles. The third kappa shape index (κ3) is 5.28. The lowest BCUT2D eigenvalue weighted by Gasteiger charge is -2.63. The van der Waals surface area contributed by atoms with Crippen molar-refractivity contribution in [3.8, 4) is 0 Å². The Morgan fingerprint density at radius 1 is 0.979 bits per heavy atom. The van der Waals surface area contributed by atoms with Gasteiger partial charge in [0.05, 0.1) is 23.7 Å². The van der Waals surface area contributed by atoms with Gasteiger partial charge in [-0.05, 0) is 76.7 Å². The SMILES string of the molecule is CC(C)(O)CCC(=O)[C@](C)(O)[C@H]1[C@H](O)C[C@@]2(C)[C@@H]3CC=C4[C@@H](C=C(O[C@@H]5O[C@H](CO)[C@@H](O)[C@H](O)[C@H]5O)C(=O)C4(C)C)[C@]3(C)C(=O)C[C@]12C. The Kier molecular flexibility index (Phi) is 9.12. The fourth-order valence-electron chi connectivity index (χ4n) is 10.2. The first-order chi connectivity index (χ1) is 21.9. The topological polar surface area (TPSA) is 211 Å². The molecule has 5 rings (SSSR count). The van der Waals surface area contributed by atoms with Crippen LogP contribution in [0.5, 0.6) is 0 Å². The van der Waals surface area contributed by atoms with E-state index in [2.05, 4.69) is 0 Å². The summed E-state index contributed by atoms with van der Waals surface area (Å²) in [4.78, 5) is 42.0. The zero-order valence-corrected chi connectivity index (χ0v) is 29.3. The zero-order chi connectivity index (χ0) is 36.2. The van der Waals surface area contributed by atoms with Crippen molar-refractivity contribution in [2.24, 2.45) is 39.4 Å². The van der Waals surface area contributed by atoms with Crippen LogP contribution >= 0.6 is 0 Å². The van der Waals surface area contributed by atoms with Gasteiger partial charge in [-0.25, -0.2) is 0 Å². The molecule has 1 heterocycles. The Morgan fingerprint density at radius 2 is 1.60 bits per heavy atom. The monoisotopic (exact) mass is 678 g/mol. The van der Waals surface area contributed by atoms with Gasteiger partial charge < -0.3 is 45.2 Å². The summed E-state index contributed by atoms with van der Waals surface area (Å²) in [6, 6.07) is 0. The van der Waals surface area contributed by atoms with Crippen molar-refractivity contribution in [2.45, 2.75) is 136 Å². The van der Waals surface area contributed by atoms with Crippen molar-refractivity contribution >= 4 is 17.3 Å². The molecule has 1 aliphatic heterocycles. The van der Waals surface area contributed by atoms with E-state index in [4.69, 9.17) is 9.47 Å². The maximum Gasteiger partial charge on any atom is 0.229 e. The smallest absolute Gasteiger partial charge is 0.229 e. The number of fused-ring (bicyclic) bond motifs is 5. The Hall–Kier alpha value is -2.03. The zero-order valence-electron chi connectivity index (χ0n) is 29.3. The summed E-state index contributed by atoms with van der Waals surface area (Å²) >= 11 is 0. The lowest BCUT2D eigenvalue weighted by Crippen LogP contribution is -2.64. The van der Waals surface area contributed by atoms with Gasteiger partial charge in [-0.3, -0.25) is 14.4 Å². The predicted octanol–water partition coefficient (Wildman–Crippen LogP) is 1.10. The molecule has 0 spiro atoms. The minimum atomic E-state index is -1.97. The minimum absolute atomic E-state index is 0.0396. The molecule has 0 aromatic rings. The molecule has 0 bridgehead atoms. The van der Waals surface area contributed by atoms with Gasteiger partial charge in [0.25, 0.3) is 0 Å². The molecule has 12 nitrogen and oxygen atoms in total. The largest absolute Gasteiger partial charge is 0.459 e. The quantitative estimate of drug-likeness (QED) is 0.180. The maximum absolute atomic E-state index is 14.7. The van der Waals surface area contributed by atoms with E-state index in [1.54, 1.807) is 33.8 Å². The number of hydrogen-bond donors (Lipinski definition) is 7. The fraction of sp³-hybridized carbons (Fsp3) is 0.806. The van der Waals surface area contributed by atoms with Crippen LogP contribution in [0.2, 0.25) is 0 Å². The van der Waals surface area contributed by atoms with E-state index in [-0.39, 0.29) is 43.1 Å². The molecule has 0 amide bonds. The normalized spacial score (nSPS) is 45.3. The van der Waals surface area contributed by atoms with Crippen LogP contribution in [0, 0.1) is 39.4 Å². The number of ether oxygens (including phenoxy) is 2. The number of aliphatic hydroxyl groups excluding tert-OH is 5. The number of hydrogen-bond acceptors (Lipinski definition) is 12. The molecular formula is C36H54O12. The third-order valence-corrected chi connectivity index (χ3v) is 13.2. The second-order valence-corrected chi connectivity index (χ2v) is 17.1. The highest BCUT2D eigenvalue weighted by Gasteiger charge is 2.74. The van der Waals surface area contributed by atoms with E-state index in [0.29, 0.717) is 6.42 Å². The molecule has 48 heavy (non-hydrogen) atoms. The van der Waals surface area contributed by atoms with Crippen LogP contribution in [-0.4, -0.2) is 108 Å². The van der Waals surface area contributed by atoms with E-state index in [1.807, 2.05) is 26.8 Å². The molecule has 2 saturated carbocycles. The third-order valence-electron chi connectivity index (χ3n) is 13.2. The fourth-order valence-corrected chi connectivity index (χ4v) is 10.2. The molecular weight excluding hydrogens is 624 g/mol. The van der Waals surface area contributed by atoms with E-state index >= 15 is 0 Å². The van der Waals surface area contributed by atoms with Crippen LogP contribution in [0.1, 0.15) is 87.5 Å². The predicted molar refractivity (Wildman–Crippen MR) is 171 cm³/mol. The van der Waals surface area contributed by atoms with Crippen molar-refractivity contribution in [1.29, 1.82) is 0 Å². The van der Waals surface area contributed by atoms with Crippen molar-refractivity contribution < 1.29 is 59.6 Å². The van der Waals surface area contributed by atoms with Crippen LogP contribution in [0.25, 0.3) is 0 Å². The summed E-state index contributed by atoms with van der Waals surface area (Å²) in [6.45, 7) is 13.1. The van der Waals surface area contributed by atoms with Crippen LogP contribution in [0.15, 0.2) is 23.5 Å². The van der Waals surface area contributed by atoms with Crippen LogP contribution in [0.4, 0.5) is 0 Å². The van der Waals surface area contributed by atoms with Gasteiger partial charge in [-0.1, -0.05) is 32.4 Å². The molecule has 7 N–H and O–H groups in total. The summed E-state index contributed by atoms with van der Waals surface area (Å²) < 4.78 is 11.5. The van der Waals surface area contributed by atoms with Gasteiger partial charge in [0.2, 0.25) is 12.1 Å². The Labute approximate surface area is 281 Å². The highest BCUT2D eigenvalue weighted by atomic mass is 16.7. The van der Waals surface area contributed by atoms with Gasteiger partial charge >= 0.3 is 0 Å². The molecule has 0 radical (unpaired) electrons. The molecule has 13 atom stereocenters. The second-order valence-electron chi connectivity index (χ2n) is 17.1. The summed E-state index contributed by atoms with van der Waals surface area (Å²) in [6.07, 6.45) is -4.80. The highest BCUT2D eigenvalue weighted by molar-refractivity contribution is 6.02. The second kappa shape index (κ2) is 11.8. The first-order valence-corrected chi connectivity index (χ1v) is 17.0. The number of aliphatic hydroxyl groups is 7. The summed E-state index contributed by atoms with van der Waals surface area (Å²) in [5.41, 5.74) is -6.30. The Balaban J connectivity index is 1.53. The maximum atomic E-state index is 14.7. The van der Waals surface area contributed by atoms with E-state index in [0.717, 1.165) is 5.57 Å². The molecule has 0 unspecified atom stereocenters. The van der Waals surface area contributed by atoms with Crippen LogP contribution in [0.3, 0.4) is 0 Å². The van der Waals surface area contributed by atoms with Gasteiger partial charge in [0, 0.05) is 30.1 Å². The first-order valence-electron chi connectivity index (χ1n) is 17.0. The van der Waals surface area contributed by atoms with Crippen molar-refractivity contribution in [3.05, 3.63) is 23.5 Å². The first kappa shape index (κ1) is 37.2. The van der Waals surface area contributed by atoms with Crippen LogP contribution < -0.4 is 0 Å². The standard InChI is InChI=1S/C36H54O12/c1-31(2,45)12-11-23(39)36(8,46)28-19(38)14-33(5)22-10-9-17-18(35(22,7)24(40)15-34(28,33)6)13-20(29(44)32(17,3)4)47-30-27(43)26(42)25(41)21(16-37)48-30/h9,13,18-19,21-22,25-28,30,37-38,41-43,45-46H,10-12,14-16H2,1-8H3/t18-,19-,21-,22+,25-,26+,27-,28+,30-,33+,34-,35+,36+/m1/s1. The van der Waals surface area contributed by atoms with Gasteiger partial charge in [-0.15, -0.1) is 0 Å². The van der Waals surface area contributed by atoms with Gasteiger partial charge in [0.1, 0.15) is 35.8 Å². The van der Waals surface area contributed by atoms with Crippen molar-refractivity contribution in [3.63, 3.8) is 0 Å². The molecule has 5 aliphatic rings. The van der Waals surface area contributed by atoms with Gasteiger partial charge in [0.15, 0.2) is 11.5 Å². The lowest BCUT2D eigenvalue weighted by molar-refractivity contribution is -0.291. The molecule has 12 heteroatoms. The molecule has 270 valence electrons. The Morgan fingerprint density at radius 3 is 2.19 bits per heavy atom. The Bertz CT molecular complexity index is 1410. The summed E-state index contributed by atoms with van der Waals surface area (Å²) in [7, 11) is 0. The molecule has 1 saturated heterocycles. The summed E-state index contributed by atoms with van der Waals surface area (Å²) in [5, 5.41) is 74.5. The molecule has 4 aliphatic carbocycles. The van der Waals surface area contributed by atoms with Crippen molar-refractivity contribution in [2.75, 3.05) is 6.61 Å². The number of carbonyl (C=O) groups excluding carboxylic acids is 3. The van der Waals surface area contributed by atoms with E-state index in [1.165, 1.54) is 6.92 Å². The number of allylic oxidation sites excluding steroid dienone is 4. The number of rotatable bonds is 8. The molecule has 0 aromatic carbocycles. The van der Waals surface area contributed by atoms with Crippen LogP contribution in [-0.2, 0) is 23.9 Å². The van der Waals surface area contributed by atoms with Gasteiger partial charge in [-0.2, -0.15) is 0 Å². The number of carbonyl (C=O) groups is 3. The average Bonchev–Trinajstić information content (AvgIpc) is 3.19. The van der Waals surface area contributed by atoms with E-state index < -0.39 is 99.7 Å². The lowest BCUT2D eigenvalue weighted by atomic mass is 9.39. The number of ketones is 3. The van der Waals surface area contributed by atoms with E-state index in [9.17, 15) is 50.1 Å². The minimum Gasteiger partial charge on any atom is -0.459 e. The highest BCUT2D eigenvalue weighted by Crippen LogP contribution is 2.74.